The lowest BCUT2D eigenvalue weighted by Crippen LogP contribution is -2.08. The molecule has 0 radical (unpaired) electrons. The van der Waals surface area contributed by atoms with E-state index in [0.717, 1.165) is 12.2 Å². The summed E-state index contributed by atoms with van der Waals surface area (Å²) in [4.78, 5) is 31.9. The van der Waals surface area contributed by atoms with E-state index in [-0.39, 0.29) is 6.42 Å². The maximum Gasteiger partial charge on any atom is 0.328 e. The van der Waals surface area contributed by atoms with Crippen LogP contribution in [0.5, 0.6) is 0 Å². The average molecular weight is 249 g/mol. The second kappa shape index (κ2) is 6.19. The molecule has 0 atom stereocenters. The van der Waals surface area contributed by atoms with Gasteiger partial charge in [0, 0.05) is 17.8 Å². The minimum absolute atomic E-state index is 0.0901. The molecule has 0 unspecified atom stereocenters. The zero-order valence-electron chi connectivity index (χ0n) is 9.29. The molecule has 1 aromatic rings. The quantitative estimate of drug-likeness (QED) is 0.672. The number of carbonyl (C=O) groups excluding carboxylic acids is 1. The molecule has 94 valence electrons. The lowest BCUT2D eigenvalue weighted by Gasteiger charge is -2.03. The van der Waals surface area contributed by atoms with E-state index in [4.69, 9.17) is 10.2 Å². The molecular weight excluding hydrogens is 238 g/mol. The van der Waals surface area contributed by atoms with Gasteiger partial charge in [0.05, 0.1) is 6.42 Å². The van der Waals surface area contributed by atoms with Crippen molar-refractivity contribution in [2.75, 3.05) is 5.32 Å². The third-order valence-corrected chi connectivity index (χ3v) is 1.95. The van der Waals surface area contributed by atoms with Crippen LogP contribution in [0.15, 0.2) is 36.4 Å². The van der Waals surface area contributed by atoms with E-state index in [0.29, 0.717) is 11.3 Å². The normalized spacial score (nSPS) is 10.2. The smallest absolute Gasteiger partial charge is 0.328 e. The molecule has 0 aliphatic rings. The van der Waals surface area contributed by atoms with Crippen molar-refractivity contribution in [2.24, 2.45) is 0 Å². The summed E-state index contributed by atoms with van der Waals surface area (Å²) in [6.45, 7) is 0. The van der Waals surface area contributed by atoms with Gasteiger partial charge in [-0.1, -0.05) is 12.1 Å². The minimum Gasteiger partial charge on any atom is -0.481 e. The van der Waals surface area contributed by atoms with Crippen molar-refractivity contribution in [2.45, 2.75) is 6.42 Å². The Morgan fingerprint density at radius 3 is 2.17 bits per heavy atom. The Morgan fingerprint density at radius 2 is 1.67 bits per heavy atom. The van der Waals surface area contributed by atoms with Crippen LogP contribution in [0.3, 0.4) is 0 Å². The van der Waals surface area contributed by atoms with Gasteiger partial charge in [-0.3, -0.25) is 9.59 Å². The molecule has 0 aromatic heterocycles. The van der Waals surface area contributed by atoms with Gasteiger partial charge < -0.3 is 15.5 Å². The Labute approximate surface area is 103 Å². The van der Waals surface area contributed by atoms with Gasteiger partial charge in [0.25, 0.3) is 0 Å². The second-order valence-electron chi connectivity index (χ2n) is 3.43. The van der Waals surface area contributed by atoms with Crippen LogP contribution >= 0.6 is 0 Å². The van der Waals surface area contributed by atoms with E-state index in [1.165, 1.54) is 0 Å². The highest BCUT2D eigenvalue weighted by Crippen LogP contribution is 2.10. The first-order valence-corrected chi connectivity index (χ1v) is 5.00. The summed E-state index contributed by atoms with van der Waals surface area (Å²) in [6, 6.07) is 6.24. The minimum atomic E-state index is -1.21. The predicted octanol–water partition coefficient (Wildman–Crippen LogP) is 0.893. The van der Waals surface area contributed by atoms with Crippen LogP contribution in [-0.2, 0) is 20.8 Å². The van der Waals surface area contributed by atoms with Crippen molar-refractivity contribution < 1.29 is 24.6 Å². The van der Waals surface area contributed by atoms with E-state index in [2.05, 4.69) is 5.32 Å². The fourth-order valence-corrected chi connectivity index (χ4v) is 1.21. The van der Waals surface area contributed by atoms with Crippen LogP contribution in [0.25, 0.3) is 0 Å². The van der Waals surface area contributed by atoms with E-state index in [1.54, 1.807) is 24.3 Å². The lowest BCUT2D eigenvalue weighted by atomic mass is 10.1. The molecule has 0 aliphatic carbocycles. The topological polar surface area (TPSA) is 104 Å². The van der Waals surface area contributed by atoms with Crippen LogP contribution in [0.1, 0.15) is 5.56 Å². The van der Waals surface area contributed by atoms with Crippen molar-refractivity contribution in [1.29, 1.82) is 0 Å². The van der Waals surface area contributed by atoms with Crippen molar-refractivity contribution in [1.82, 2.24) is 0 Å². The number of amides is 1. The summed E-state index contributed by atoms with van der Waals surface area (Å²) >= 11 is 0. The molecule has 1 aromatic carbocycles. The van der Waals surface area contributed by atoms with Gasteiger partial charge in [-0.05, 0) is 17.7 Å². The Morgan fingerprint density at radius 1 is 1.06 bits per heavy atom. The summed E-state index contributed by atoms with van der Waals surface area (Å²) < 4.78 is 0. The summed E-state index contributed by atoms with van der Waals surface area (Å²) in [5, 5.41) is 19.3. The highest BCUT2D eigenvalue weighted by molar-refractivity contribution is 6.02. The first kappa shape index (κ1) is 13.4. The SMILES string of the molecule is O=C(O)C=CC(=O)Nc1ccc(CC(=O)O)cc1. The number of anilines is 1. The Balaban J connectivity index is 2.61. The number of rotatable bonds is 5. The number of carboxylic acids is 2. The molecule has 3 N–H and O–H groups in total. The number of nitrogens with one attached hydrogen (secondary N) is 1. The zero-order chi connectivity index (χ0) is 13.5. The van der Waals surface area contributed by atoms with Crippen LogP contribution in [0, 0.1) is 0 Å². The summed E-state index contributed by atoms with van der Waals surface area (Å²) in [6.07, 6.45) is 1.54. The Kier molecular flexibility index (Phi) is 4.62. The van der Waals surface area contributed by atoms with Crippen LogP contribution in [0.2, 0.25) is 0 Å². The van der Waals surface area contributed by atoms with Gasteiger partial charge in [-0.15, -0.1) is 0 Å². The van der Waals surface area contributed by atoms with Crippen LogP contribution < -0.4 is 5.32 Å². The molecule has 0 bridgehead atoms. The third-order valence-electron chi connectivity index (χ3n) is 1.95. The van der Waals surface area contributed by atoms with Crippen molar-refractivity contribution >= 4 is 23.5 Å². The van der Waals surface area contributed by atoms with Crippen molar-refractivity contribution in [3.8, 4) is 0 Å². The Hall–Kier alpha value is -2.63. The third kappa shape index (κ3) is 4.93. The van der Waals surface area contributed by atoms with Gasteiger partial charge in [-0.25, -0.2) is 4.79 Å². The van der Waals surface area contributed by atoms with Gasteiger partial charge >= 0.3 is 11.9 Å². The van der Waals surface area contributed by atoms with Crippen LogP contribution in [-0.4, -0.2) is 28.1 Å². The van der Waals surface area contributed by atoms with Gasteiger partial charge in [0.15, 0.2) is 0 Å². The monoisotopic (exact) mass is 249 g/mol. The summed E-state index contributed by atoms with van der Waals surface area (Å²) in [7, 11) is 0. The van der Waals surface area contributed by atoms with Gasteiger partial charge in [0.2, 0.25) is 5.91 Å². The van der Waals surface area contributed by atoms with E-state index >= 15 is 0 Å². The largest absolute Gasteiger partial charge is 0.481 e. The predicted molar refractivity (Wildman–Crippen MR) is 63.2 cm³/mol. The maximum absolute atomic E-state index is 11.2. The average Bonchev–Trinajstić information content (AvgIpc) is 2.28. The standard InChI is InChI=1S/C12H11NO5/c14-10(5-6-11(15)16)13-9-3-1-8(2-4-9)7-12(17)18/h1-6H,7H2,(H,13,14)(H,15,16)(H,17,18). The van der Waals surface area contributed by atoms with Gasteiger partial charge in [-0.2, -0.15) is 0 Å². The lowest BCUT2D eigenvalue weighted by molar-refractivity contribution is -0.136. The number of benzene rings is 1. The number of aliphatic carboxylic acids is 2. The molecule has 6 nitrogen and oxygen atoms in total. The van der Waals surface area contributed by atoms with Crippen molar-refractivity contribution in [3.05, 3.63) is 42.0 Å². The zero-order valence-corrected chi connectivity index (χ0v) is 9.29. The van der Waals surface area contributed by atoms with E-state index < -0.39 is 17.8 Å². The molecule has 1 amide bonds. The fraction of sp³-hybridized carbons (Fsp3) is 0.0833. The first-order valence-electron chi connectivity index (χ1n) is 5.00. The van der Waals surface area contributed by atoms with Crippen molar-refractivity contribution in [3.63, 3.8) is 0 Å². The molecule has 6 heteroatoms. The Bertz CT molecular complexity index is 490. The summed E-state index contributed by atoms with van der Waals surface area (Å²) in [5.74, 6) is -2.71. The highest BCUT2D eigenvalue weighted by Gasteiger charge is 2.02. The second-order valence-corrected chi connectivity index (χ2v) is 3.43. The molecule has 1 rings (SSSR count). The van der Waals surface area contributed by atoms with E-state index in [1.807, 2.05) is 0 Å². The van der Waals surface area contributed by atoms with E-state index in [9.17, 15) is 14.4 Å². The number of hydrogen-bond acceptors (Lipinski definition) is 3. The maximum atomic E-state index is 11.2. The molecule has 0 spiro atoms. The first-order chi connectivity index (χ1) is 8.47. The van der Waals surface area contributed by atoms with Crippen LogP contribution in [0.4, 0.5) is 5.69 Å². The number of carboxylic acid groups (broad SMARTS) is 2. The number of carbonyl (C=O) groups is 3. The molecule has 0 saturated carbocycles. The molecule has 0 saturated heterocycles. The molecule has 0 heterocycles. The molecular formula is C12H11NO5. The fourth-order valence-electron chi connectivity index (χ4n) is 1.21. The highest BCUT2D eigenvalue weighted by atomic mass is 16.4. The van der Waals surface area contributed by atoms with Gasteiger partial charge in [0.1, 0.15) is 0 Å². The summed E-state index contributed by atoms with van der Waals surface area (Å²) in [5.41, 5.74) is 1.07. The molecule has 0 aliphatic heterocycles. The molecule has 0 fully saturated rings. The number of hydrogen-bond donors (Lipinski definition) is 3. The molecule has 18 heavy (non-hydrogen) atoms.